The van der Waals surface area contributed by atoms with Crippen LogP contribution in [-0.2, 0) is 0 Å². The maximum Gasteiger partial charge on any atom is 0.253 e. The molecule has 0 bridgehead atoms. The summed E-state index contributed by atoms with van der Waals surface area (Å²) in [5, 5.41) is 19.9. The first-order valence-electron chi connectivity index (χ1n) is 10.0. The summed E-state index contributed by atoms with van der Waals surface area (Å²) in [6.45, 7) is 5.59. The molecule has 1 aliphatic heterocycles. The highest BCUT2D eigenvalue weighted by atomic mass is 35.5. The second kappa shape index (κ2) is 7.81. The number of nitrogens with one attached hydrogen (secondary N) is 1. The Labute approximate surface area is 175 Å². The summed E-state index contributed by atoms with van der Waals surface area (Å²) in [6.07, 6.45) is 2.74. The average molecular weight is 412 g/mol. The Morgan fingerprint density at radius 2 is 1.93 bits per heavy atom. The predicted octanol–water partition coefficient (Wildman–Crippen LogP) is 4.83. The van der Waals surface area contributed by atoms with Crippen molar-refractivity contribution < 1.29 is 9.90 Å². The van der Waals surface area contributed by atoms with Gasteiger partial charge in [-0.15, -0.1) is 0 Å². The zero-order chi connectivity index (χ0) is 20.6. The third kappa shape index (κ3) is 3.77. The Hall–Kier alpha value is -2.37. The molecule has 1 unspecified atom stereocenters. The molecule has 1 fully saturated rings. The van der Waals surface area contributed by atoms with Crippen molar-refractivity contribution in [3.63, 3.8) is 0 Å². The number of carbonyl (C=O) groups is 1. The third-order valence-electron chi connectivity index (χ3n) is 6.40. The van der Waals surface area contributed by atoms with E-state index >= 15 is 0 Å². The van der Waals surface area contributed by atoms with Crippen molar-refractivity contribution in [2.45, 2.75) is 32.8 Å². The molecule has 0 spiro atoms. The van der Waals surface area contributed by atoms with E-state index in [9.17, 15) is 9.90 Å². The van der Waals surface area contributed by atoms with Crippen LogP contribution in [0.15, 0.2) is 48.7 Å². The number of benzene rings is 2. The summed E-state index contributed by atoms with van der Waals surface area (Å²) in [6, 6.07) is 13.1. The first kappa shape index (κ1) is 19.9. The Morgan fingerprint density at radius 3 is 2.62 bits per heavy atom. The second-order valence-electron chi connectivity index (χ2n) is 8.49. The predicted molar refractivity (Wildman–Crippen MR) is 115 cm³/mol. The molecule has 6 heteroatoms. The smallest absolute Gasteiger partial charge is 0.253 e. The third-order valence-corrected chi connectivity index (χ3v) is 6.62. The summed E-state index contributed by atoms with van der Waals surface area (Å²) >= 11 is 6.28. The molecule has 2 aromatic carbocycles. The summed E-state index contributed by atoms with van der Waals surface area (Å²) in [5.74, 6) is 0.366. The second-order valence-corrected chi connectivity index (χ2v) is 8.92. The van der Waals surface area contributed by atoms with Crippen molar-refractivity contribution in [3.8, 4) is 0 Å². The highest BCUT2D eigenvalue weighted by Crippen LogP contribution is 2.46. The number of aliphatic hydroxyl groups excluding tert-OH is 1. The maximum atomic E-state index is 12.7. The Morgan fingerprint density at radius 1 is 1.24 bits per heavy atom. The van der Waals surface area contributed by atoms with Crippen molar-refractivity contribution in [2.75, 3.05) is 13.1 Å². The van der Waals surface area contributed by atoms with Crippen LogP contribution < -0.4 is 0 Å². The number of hydrogen-bond acceptors (Lipinski definition) is 3. The van der Waals surface area contributed by atoms with Crippen LogP contribution in [0.25, 0.3) is 10.9 Å². The molecule has 1 amide bonds. The zero-order valence-electron chi connectivity index (χ0n) is 16.7. The van der Waals surface area contributed by atoms with Crippen molar-refractivity contribution in [3.05, 3.63) is 64.8 Å². The van der Waals surface area contributed by atoms with Gasteiger partial charge in [-0.1, -0.05) is 43.6 Å². The van der Waals surface area contributed by atoms with Gasteiger partial charge in [-0.25, -0.2) is 0 Å². The number of rotatable bonds is 4. The van der Waals surface area contributed by atoms with E-state index in [1.165, 1.54) is 0 Å². The number of carbonyl (C=O) groups excluding carboxylic acids is 1. The summed E-state index contributed by atoms with van der Waals surface area (Å²) in [7, 11) is 0. The minimum absolute atomic E-state index is 0.0800. The lowest BCUT2D eigenvalue weighted by Gasteiger charge is -2.43. The number of likely N-dealkylation sites (tertiary alicyclic amines) is 1. The van der Waals surface area contributed by atoms with Gasteiger partial charge < -0.3 is 10.0 Å². The van der Waals surface area contributed by atoms with Gasteiger partial charge in [0.15, 0.2) is 0 Å². The molecule has 3 aromatic rings. The van der Waals surface area contributed by atoms with E-state index in [4.69, 9.17) is 11.6 Å². The van der Waals surface area contributed by atoms with Gasteiger partial charge in [0.2, 0.25) is 0 Å². The highest BCUT2D eigenvalue weighted by Gasteiger charge is 2.40. The number of fused-ring (bicyclic) bond motifs is 1. The zero-order valence-corrected chi connectivity index (χ0v) is 17.5. The minimum atomic E-state index is -0.689. The largest absolute Gasteiger partial charge is 0.388 e. The van der Waals surface area contributed by atoms with E-state index in [2.05, 4.69) is 24.0 Å². The lowest BCUT2D eigenvalue weighted by Crippen LogP contribution is -2.43. The van der Waals surface area contributed by atoms with Crippen LogP contribution >= 0.6 is 11.6 Å². The van der Waals surface area contributed by atoms with Crippen LogP contribution in [0.1, 0.15) is 48.7 Å². The summed E-state index contributed by atoms with van der Waals surface area (Å²) in [4.78, 5) is 14.6. The molecule has 5 nitrogen and oxygen atoms in total. The molecule has 1 aliphatic rings. The molecule has 0 saturated carbocycles. The number of H-pyrrole nitrogens is 1. The molecule has 152 valence electrons. The van der Waals surface area contributed by atoms with Crippen LogP contribution in [0.3, 0.4) is 0 Å². The van der Waals surface area contributed by atoms with Gasteiger partial charge in [-0.3, -0.25) is 9.89 Å². The first-order valence-corrected chi connectivity index (χ1v) is 10.4. The van der Waals surface area contributed by atoms with E-state index in [0.717, 1.165) is 34.9 Å². The number of amides is 1. The topological polar surface area (TPSA) is 69.2 Å². The maximum absolute atomic E-state index is 12.7. The van der Waals surface area contributed by atoms with Crippen LogP contribution in [0.5, 0.6) is 0 Å². The molecular weight excluding hydrogens is 386 g/mol. The summed E-state index contributed by atoms with van der Waals surface area (Å²) in [5.41, 5.74) is 1.96. The fourth-order valence-electron chi connectivity index (χ4n) is 4.48. The fraction of sp³-hybridized carbons (Fsp3) is 0.391. The Kier molecular flexibility index (Phi) is 5.36. The van der Waals surface area contributed by atoms with Gasteiger partial charge in [0.25, 0.3) is 5.91 Å². The minimum Gasteiger partial charge on any atom is -0.388 e. The molecule has 2 N–H and O–H groups in total. The molecular formula is C23H26ClN3O2. The number of aromatic nitrogens is 2. The number of hydrogen-bond donors (Lipinski definition) is 2. The van der Waals surface area contributed by atoms with Crippen molar-refractivity contribution in [1.29, 1.82) is 0 Å². The fourth-order valence-corrected chi connectivity index (χ4v) is 4.71. The highest BCUT2D eigenvalue weighted by molar-refractivity contribution is 6.31. The number of nitrogens with zero attached hydrogens (tertiary/aromatic N) is 2. The lowest BCUT2D eigenvalue weighted by atomic mass is 9.68. The van der Waals surface area contributed by atoms with Crippen LogP contribution in [0.4, 0.5) is 0 Å². The van der Waals surface area contributed by atoms with Gasteiger partial charge in [0.1, 0.15) is 0 Å². The Bertz CT molecular complexity index is 1010. The van der Waals surface area contributed by atoms with Crippen molar-refractivity contribution in [1.82, 2.24) is 15.1 Å². The Balaban J connectivity index is 1.50. The molecule has 1 aromatic heterocycles. The van der Waals surface area contributed by atoms with Crippen molar-refractivity contribution in [2.24, 2.45) is 11.3 Å². The number of aromatic amines is 1. The van der Waals surface area contributed by atoms with Gasteiger partial charge in [0, 0.05) is 34.6 Å². The SMILES string of the molecule is CC(C)(C1CCN(C(=O)c2ccccc2)CC1)C(O)c1cc(Cl)cc2cn[nH]c12. The molecule has 0 aliphatic carbocycles. The van der Waals surface area contributed by atoms with Gasteiger partial charge >= 0.3 is 0 Å². The van der Waals surface area contributed by atoms with Crippen LogP contribution in [0.2, 0.25) is 5.02 Å². The van der Waals surface area contributed by atoms with E-state index < -0.39 is 6.10 Å². The average Bonchev–Trinajstić information content (AvgIpc) is 3.21. The lowest BCUT2D eigenvalue weighted by molar-refractivity contribution is -0.0164. The van der Waals surface area contributed by atoms with Crippen LogP contribution in [0, 0.1) is 11.3 Å². The normalized spacial score (nSPS) is 16.9. The monoisotopic (exact) mass is 411 g/mol. The molecule has 29 heavy (non-hydrogen) atoms. The summed E-state index contributed by atoms with van der Waals surface area (Å²) < 4.78 is 0. The number of halogens is 1. The first-order chi connectivity index (χ1) is 13.9. The molecule has 2 heterocycles. The quantitative estimate of drug-likeness (QED) is 0.646. The van der Waals surface area contributed by atoms with E-state index in [1.54, 1.807) is 6.20 Å². The molecule has 0 radical (unpaired) electrons. The molecule has 4 rings (SSSR count). The standard InChI is InChI=1S/C23H26ClN3O2/c1-23(2,21(28)19-13-18(24)12-16-14-25-26-20(16)19)17-8-10-27(11-9-17)22(29)15-6-4-3-5-7-15/h3-7,12-14,17,21,28H,8-11H2,1-2H3,(H,25,26). The molecule has 1 atom stereocenters. The van der Waals surface area contributed by atoms with Gasteiger partial charge in [0.05, 0.1) is 17.8 Å². The van der Waals surface area contributed by atoms with E-state index in [0.29, 0.717) is 18.1 Å². The van der Waals surface area contributed by atoms with Gasteiger partial charge in [-0.2, -0.15) is 5.10 Å². The van der Waals surface area contributed by atoms with Crippen molar-refractivity contribution >= 4 is 28.4 Å². The molecule has 1 saturated heterocycles. The van der Waals surface area contributed by atoms with E-state index in [-0.39, 0.29) is 17.2 Å². The van der Waals surface area contributed by atoms with Crippen LogP contribution in [-0.4, -0.2) is 39.2 Å². The van der Waals surface area contributed by atoms with E-state index in [1.807, 2.05) is 47.4 Å². The number of aliphatic hydroxyl groups is 1. The van der Waals surface area contributed by atoms with Gasteiger partial charge in [-0.05, 0) is 48.4 Å². The number of piperidine rings is 1.